The van der Waals surface area contributed by atoms with Gasteiger partial charge >= 0.3 is 12.1 Å². The van der Waals surface area contributed by atoms with E-state index in [9.17, 15) is 32.3 Å². The zero-order valence-corrected chi connectivity index (χ0v) is 17.2. The van der Waals surface area contributed by atoms with Gasteiger partial charge in [-0.1, -0.05) is 24.3 Å². The smallest absolute Gasteiger partial charge is 0.416 e. The molecule has 0 saturated carbocycles. The molecule has 1 aliphatic heterocycles. The Morgan fingerprint density at radius 3 is 2.38 bits per heavy atom. The number of alkyl halides is 3. The van der Waals surface area contributed by atoms with Gasteiger partial charge in [-0.05, 0) is 36.4 Å². The van der Waals surface area contributed by atoms with Crippen molar-refractivity contribution in [1.82, 2.24) is 4.98 Å². The van der Waals surface area contributed by atoms with Crippen molar-refractivity contribution >= 4 is 29.1 Å². The van der Waals surface area contributed by atoms with Crippen molar-refractivity contribution in [2.24, 2.45) is 5.92 Å². The number of rotatable bonds is 6. The molecule has 172 valence electrons. The zero-order valence-electron chi connectivity index (χ0n) is 17.2. The molecule has 0 aliphatic carbocycles. The molecule has 0 fully saturated rings. The monoisotopic (exact) mass is 468 g/mol. The van der Waals surface area contributed by atoms with Crippen molar-refractivity contribution < 1.29 is 37.1 Å². The number of pyridine rings is 1. The molecular weight excluding hydrogens is 453 g/mol. The summed E-state index contributed by atoms with van der Waals surface area (Å²) < 4.78 is 44.3. The predicted octanol–water partition coefficient (Wildman–Crippen LogP) is 4.02. The summed E-state index contributed by atoms with van der Waals surface area (Å²) in [6.07, 6.45) is -3.42. The van der Waals surface area contributed by atoms with E-state index in [1.54, 1.807) is 12.1 Å². The Hall–Kier alpha value is -4.34. The van der Waals surface area contributed by atoms with Gasteiger partial charge < -0.3 is 10.1 Å². The summed E-state index contributed by atoms with van der Waals surface area (Å²) >= 11 is 0. The first kappa shape index (κ1) is 22.8. The van der Waals surface area contributed by atoms with Crippen LogP contribution in [0.3, 0.4) is 0 Å². The highest BCUT2D eigenvalue weighted by atomic mass is 19.4. The number of carbonyl (C=O) groups excluding carboxylic acids is 4. The molecule has 1 aliphatic rings. The Morgan fingerprint density at radius 2 is 1.68 bits per heavy atom. The lowest BCUT2D eigenvalue weighted by Gasteiger charge is -2.21. The molecule has 0 radical (unpaired) electrons. The van der Waals surface area contributed by atoms with Gasteiger partial charge in [-0.25, -0.2) is 4.79 Å². The molecular formula is C24H15F3N2O5. The number of hydrogen-bond donors (Lipinski definition) is 1. The number of fused-ring (bicyclic) bond motifs is 1. The lowest BCUT2D eigenvalue weighted by Crippen LogP contribution is -2.38. The molecule has 7 nitrogen and oxygen atoms in total. The number of benzene rings is 2. The van der Waals surface area contributed by atoms with Crippen LogP contribution in [0.2, 0.25) is 0 Å². The summed E-state index contributed by atoms with van der Waals surface area (Å²) in [5.74, 6) is -5.93. The third kappa shape index (κ3) is 4.42. The second kappa shape index (κ2) is 8.89. The van der Waals surface area contributed by atoms with Gasteiger partial charge in [-0.3, -0.25) is 19.4 Å². The first-order valence-corrected chi connectivity index (χ1v) is 9.93. The van der Waals surface area contributed by atoms with Crippen molar-refractivity contribution in [3.8, 4) is 0 Å². The molecule has 0 saturated heterocycles. The highest BCUT2D eigenvalue weighted by Gasteiger charge is 2.46. The van der Waals surface area contributed by atoms with Crippen LogP contribution < -0.4 is 5.32 Å². The van der Waals surface area contributed by atoms with Gasteiger partial charge in [-0.15, -0.1) is 0 Å². The lowest BCUT2D eigenvalue weighted by atomic mass is 9.85. The van der Waals surface area contributed by atoms with Crippen molar-refractivity contribution in [2.75, 3.05) is 5.32 Å². The summed E-state index contributed by atoms with van der Waals surface area (Å²) in [5, 5.41) is 2.11. The number of ether oxygens (including phenoxy) is 1. The van der Waals surface area contributed by atoms with Crippen LogP contribution in [0.1, 0.15) is 37.9 Å². The van der Waals surface area contributed by atoms with Crippen molar-refractivity contribution in [3.63, 3.8) is 0 Å². The molecule has 2 heterocycles. The molecule has 4 rings (SSSR count). The van der Waals surface area contributed by atoms with E-state index >= 15 is 0 Å². The number of Topliss-reactive ketones (excluding diaryl/α,β-unsaturated/α-hetero) is 2. The van der Waals surface area contributed by atoms with Crippen molar-refractivity contribution in [3.05, 3.63) is 95.3 Å². The number of aromatic nitrogens is 1. The molecule has 0 spiro atoms. The van der Waals surface area contributed by atoms with E-state index in [1.165, 1.54) is 42.7 Å². The maximum Gasteiger partial charge on any atom is 0.416 e. The lowest BCUT2D eigenvalue weighted by molar-refractivity contribution is -0.138. The fourth-order valence-electron chi connectivity index (χ4n) is 3.62. The number of halogens is 3. The van der Waals surface area contributed by atoms with Crippen molar-refractivity contribution in [2.45, 2.75) is 12.3 Å². The highest BCUT2D eigenvalue weighted by molar-refractivity contribution is 6.45. The van der Waals surface area contributed by atoms with E-state index in [1.807, 2.05) is 0 Å². The van der Waals surface area contributed by atoms with Crippen LogP contribution in [0, 0.1) is 5.92 Å². The Morgan fingerprint density at radius 1 is 0.971 bits per heavy atom. The van der Waals surface area contributed by atoms with Gasteiger partial charge in [0.25, 0.3) is 5.91 Å². The number of cyclic esters (lactones) is 1. The number of amides is 1. The van der Waals surface area contributed by atoms with E-state index in [2.05, 4.69) is 10.3 Å². The van der Waals surface area contributed by atoms with Crippen LogP contribution in [0.15, 0.2) is 73.1 Å². The van der Waals surface area contributed by atoms with E-state index in [0.29, 0.717) is 6.07 Å². The highest BCUT2D eigenvalue weighted by Crippen LogP contribution is 2.38. The molecule has 0 bridgehead atoms. The average Bonchev–Trinajstić information content (AvgIpc) is 3.15. The predicted molar refractivity (Wildman–Crippen MR) is 112 cm³/mol. The van der Waals surface area contributed by atoms with E-state index < -0.39 is 47.2 Å². The number of ketones is 2. The largest absolute Gasteiger partial charge is 0.453 e. The van der Waals surface area contributed by atoms with Crippen LogP contribution in [-0.2, 0) is 20.5 Å². The normalized spacial score (nSPS) is 15.7. The molecule has 2 atom stereocenters. The summed E-state index contributed by atoms with van der Waals surface area (Å²) in [4.78, 5) is 55.3. The van der Waals surface area contributed by atoms with Crippen LogP contribution in [0.25, 0.3) is 0 Å². The number of anilines is 1. The molecule has 1 amide bonds. The number of hydrogen-bond acceptors (Lipinski definition) is 6. The summed E-state index contributed by atoms with van der Waals surface area (Å²) in [5.41, 5.74) is -0.875. The van der Waals surface area contributed by atoms with Crippen LogP contribution in [0.5, 0.6) is 0 Å². The Labute approximate surface area is 190 Å². The van der Waals surface area contributed by atoms with Gasteiger partial charge in [0.05, 0.1) is 11.1 Å². The second-order valence-corrected chi connectivity index (χ2v) is 7.39. The third-order valence-electron chi connectivity index (χ3n) is 5.23. The third-order valence-corrected chi connectivity index (χ3v) is 5.23. The average molecular weight is 468 g/mol. The summed E-state index contributed by atoms with van der Waals surface area (Å²) in [6, 6.07) is 12.5. The molecule has 3 aromatic rings. The zero-order chi connectivity index (χ0) is 24.5. The maximum atomic E-state index is 13.3. The van der Waals surface area contributed by atoms with Crippen LogP contribution in [0.4, 0.5) is 18.9 Å². The Kier molecular flexibility index (Phi) is 5.97. The number of nitrogens with one attached hydrogen (secondary N) is 1. The Balaban J connectivity index is 1.68. The van der Waals surface area contributed by atoms with Crippen LogP contribution >= 0.6 is 0 Å². The quantitative estimate of drug-likeness (QED) is 0.254. The molecule has 1 aromatic heterocycles. The minimum Gasteiger partial charge on any atom is -0.453 e. The number of carbonyl (C=O) groups is 4. The van der Waals surface area contributed by atoms with E-state index in [-0.39, 0.29) is 22.4 Å². The summed E-state index contributed by atoms with van der Waals surface area (Å²) in [7, 11) is 0. The van der Waals surface area contributed by atoms with Gasteiger partial charge in [0, 0.05) is 29.2 Å². The Bertz CT molecular complexity index is 1290. The minimum absolute atomic E-state index is 0.0423. The molecule has 0 unspecified atom stereocenters. The van der Waals surface area contributed by atoms with Crippen LogP contribution in [-0.4, -0.2) is 28.4 Å². The van der Waals surface area contributed by atoms with Crippen molar-refractivity contribution in [1.29, 1.82) is 0 Å². The van der Waals surface area contributed by atoms with E-state index in [0.717, 1.165) is 12.1 Å². The topological polar surface area (TPSA) is 102 Å². The molecule has 2 aromatic carbocycles. The van der Waals surface area contributed by atoms with Gasteiger partial charge in [-0.2, -0.15) is 13.2 Å². The molecule has 34 heavy (non-hydrogen) atoms. The standard InChI is InChI=1S/C24H15F3N2O5/c25-24(26,27)14-4-3-5-15(12-14)29-22(32)20(31)18(19(30)13-8-10-28-11-9-13)21-16-6-1-2-7-17(16)23(33)34-21/h1-12,18,21H,(H,29,32)/t18-,21-/m0/s1. The molecule has 10 heteroatoms. The fraction of sp³-hybridized carbons (Fsp3) is 0.125. The number of nitrogens with zero attached hydrogens (tertiary/aromatic N) is 1. The van der Waals surface area contributed by atoms with Gasteiger partial charge in [0.15, 0.2) is 5.78 Å². The fourth-order valence-corrected chi connectivity index (χ4v) is 3.62. The second-order valence-electron chi connectivity index (χ2n) is 7.39. The maximum absolute atomic E-state index is 13.3. The SMILES string of the molecule is O=C(Nc1cccc(C(F)(F)F)c1)C(=O)[C@H](C(=O)c1ccncc1)[C@H]1OC(=O)c2ccccc21. The van der Waals surface area contributed by atoms with Gasteiger partial charge in [0.2, 0.25) is 5.78 Å². The number of esters is 1. The summed E-state index contributed by atoms with van der Waals surface area (Å²) in [6.45, 7) is 0. The molecule has 1 N–H and O–H groups in total. The van der Waals surface area contributed by atoms with Gasteiger partial charge in [0.1, 0.15) is 12.0 Å². The van der Waals surface area contributed by atoms with E-state index in [4.69, 9.17) is 4.74 Å². The minimum atomic E-state index is -4.66. The first-order chi connectivity index (χ1) is 16.2. The first-order valence-electron chi connectivity index (χ1n) is 9.93.